The highest BCUT2D eigenvalue weighted by atomic mass is 127. The molecule has 146 valence electrons. The second-order valence-corrected chi connectivity index (χ2v) is 7.63. The molecule has 1 heterocycles. The summed E-state index contributed by atoms with van der Waals surface area (Å²) in [5.74, 6) is -0.506. The van der Waals surface area contributed by atoms with Gasteiger partial charge in [-0.15, -0.1) is 0 Å². The molecule has 3 rings (SSSR count). The van der Waals surface area contributed by atoms with Gasteiger partial charge >= 0.3 is 0 Å². The molecular weight excluding hydrogens is 495 g/mol. The van der Waals surface area contributed by atoms with Crippen molar-refractivity contribution in [1.82, 2.24) is 5.32 Å². The van der Waals surface area contributed by atoms with Crippen molar-refractivity contribution < 1.29 is 14.5 Å². The second kappa shape index (κ2) is 9.26. The molecule has 2 aromatic rings. The van der Waals surface area contributed by atoms with Gasteiger partial charge in [0.2, 0.25) is 0 Å². The van der Waals surface area contributed by atoms with E-state index in [9.17, 15) is 14.9 Å². The maximum absolute atomic E-state index is 12.8. The van der Waals surface area contributed by atoms with Crippen LogP contribution in [-0.2, 0) is 4.74 Å². The van der Waals surface area contributed by atoms with Crippen LogP contribution >= 0.6 is 34.8 Å². The quantitative estimate of drug-likeness (QED) is 0.281. The van der Waals surface area contributed by atoms with Crippen LogP contribution in [0.2, 0.25) is 0 Å². The summed E-state index contributed by atoms with van der Waals surface area (Å²) >= 11 is 7.41. The van der Waals surface area contributed by atoms with Crippen molar-refractivity contribution in [3.63, 3.8) is 0 Å². The number of nitro groups is 1. The molecule has 0 saturated carbocycles. The number of nitrogens with one attached hydrogen (secondary N) is 2. The maximum Gasteiger partial charge on any atom is 0.270 e. The number of morpholine rings is 1. The molecule has 1 amide bonds. The van der Waals surface area contributed by atoms with E-state index in [0.717, 1.165) is 9.26 Å². The molecule has 0 spiro atoms. The van der Waals surface area contributed by atoms with Crippen molar-refractivity contribution in [2.24, 2.45) is 0 Å². The third kappa shape index (κ3) is 5.14. The fraction of sp³-hybridized carbons (Fsp3) is 0.222. The smallest absolute Gasteiger partial charge is 0.270 e. The standard InChI is InChI=1S/C18H17IN4O4S/c19-12-1-3-13(4-2-12)20-18(28)21-17(24)15-11-14(23(25)26)5-6-16(15)22-7-9-27-10-8-22/h1-6,11H,7-10H2,(H2,20,21,24,28). The number of non-ortho nitro benzene ring substituents is 1. The van der Waals surface area contributed by atoms with Gasteiger partial charge in [-0.05, 0) is 65.1 Å². The molecule has 1 fully saturated rings. The van der Waals surface area contributed by atoms with Crippen LogP contribution in [0, 0.1) is 13.7 Å². The summed E-state index contributed by atoms with van der Waals surface area (Å²) < 4.78 is 6.41. The van der Waals surface area contributed by atoms with Crippen molar-refractivity contribution in [2.45, 2.75) is 0 Å². The zero-order valence-electron chi connectivity index (χ0n) is 14.7. The minimum atomic E-state index is -0.526. The molecular formula is C18H17IN4O4S. The van der Waals surface area contributed by atoms with Crippen LogP contribution in [0.15, 0.2) is 42.5 Å². The molecule has 2 aromatic carbocycles. The van der Waals surface area contributed by atoms with Gasteiger partial charge in [0.05, 0.1) is 29.4 Å². The summed E-state index contributed by atoms with van der Waals surface area (Å²) in [4.78, 5) is 25.4. The number of carbonyl (C=O) groups excluding carboxylic acids is 1. The van der Waals surface area contributed by atoms with Crippen LogP contribution in [0.25, 0.3) is 0 Å². The number of rotatable bonds is 4. The van der Waals surface area contributed by atoms with E-state index in [4.69, 9.17) is 17.0 Å². The van der Waals surface area contributed by atoms with E-state index in [-0.39, 0.29) is 16.4 Å². The molecule has 0 unspecified atom stereocenters. The minimum absolute atomic E-state index is 0.116. The fourth-order valence-electron chi connectivity index (χ4n) is 2.77. The van der Waals surface area contributed by atoms with E-state index in [0.29, 0.717) is 32.0 Å². The van der Waals surface area contributed by atoms with E-state index in [1.807, 2.05) is 29.2 Å². The summed E-state index contributed by atoms with van der Waals surface area (Å²) in [6, 6.07) is 11.7. The second-order valence-electron chi connectivity index (χ2n) is 5.97. The van der Waals surface area contributed by atoms with Crippen molar-refractivity contribution in [2.75, 3.05) is 36.5 Å². The fourth-order valence-corrected chi connectivity index (χ4v) is 3.34. The lowest BCUT2D eigenvalue weighted by atomic mass is 10.1. The number of hydrogen-bond acceptors (Lipinski definition) is 6. The Kier molecular flexibility index (Phi) is 6.75. The lowest BCUT2D eigenvalue weighted by molar-refractivity contribution is -0.384. The third-order valence-electron chi connectivity index (χ3n) is 4.12. The highest BCUT2D eigenvalue weighted by Crippen LogP contribution is 2.26. The third-order valence-corrected chi connectivity index (χ3v) is 5.04. The van der Waals surface area contributed by atoms with Crippen LogP contribution in [0.3, 0.4) is 0 Å². The average Bonchev–Trinajstić information content (AvgIpc) is 2.69. The Hall–Kier alpha value is -2.31. The Morgan fingerprint density at radius 1 is 1.18 bits per heavy atom. The van der Waals surface area contributed by atoms with Crippen LogP contribution in [-0.4, -0.2) is 42.2 Å². The Morgan fingerprint density at radius 2 is 1.86 bits per heavy atom. The number of carbonyl (C=O) groups is 1. The van der Waals surface area contributed by atoms with Crippen molar-refractivity contribution in [1.29, 1.82) is 0 Å². The zero-order valence-corrected chi connectivity index (χ0v) is 17.7. The number of amides is 1. The predicted octanol–water partition coefficient (Wildman–Crippen LogP) is 3.16. The molecule has 0 aliphatic carbocycles. The molecule has 0 aromatic heterocycles. The molecule has 1 aliphatic heterocycles. The van der Waals surface area contributed by atoms with Gasteiger partial charge in [-0.3, -0.25) is 20.2 Å². The average molecular weight is 512 g/mol. The number of anilines is 2. The van der Waals surface area contributed by atoms with E-state index in [1.54, 1.807) is 6.07 Å². The zero-order chi connectivity index (χ0) is 20.1. The molecule has 0 radical (unpaired) electrons. The van der Waals surface area contributed by atoms with Gasteiger partial charge in [-0.25, -0.2) is 0 Å². The van der Waals surface area contributed by atoms with Crippen LogP contribution in [0.5, 0.6) is 0 Å². The first kappa shape index (κ1) is 20.4. The Labute approximate surface area is 180 Å². The molecule has 1 aliphatic rings. The van der Waals surface area contributed by atoms with Gasteiger partial charge < -0.3 is 15.0 Å². The Morgan fingerprint density at radius 3 is 2.50 bits per heavy atom. The van der Waals surface area contributed by atoms with Crippen molar-refractivity contribution in [3.8, 4) is 0 Å². The summed E-state index contributed by atoms with van der Waals surface area (Å²) in [7, 11) is 0. The maximum atomic E-state index is 12.8. The van der Waals surface area contributed by atoms with E-state index >= 15 is 0 Å². The van der Waals surface area contributed by atoms with E-state index in [2.05, 4.69) is 33.2 Å². The van der Waals surface area contributed by atoms with Crippen LogP contribution < -0.4 is 15.5 Å². The molecule has 2 N–H and O–H groups in total. The Bertz CT molecular complexity index is 901. The van der Waals surface area contributed by atoms with E-state index < -0.39 is 10.8 Å². The first-order valence-electron chi connectivity index (χ1n) is 8.43. The number of halogens is 1. The molecule has 28 heavy (non-hydrogen) atoms. The number of nitro benzene ring substituents is 1. The van der Waals surface area contributed by atoms with Gasteiger partial charge in [-0.1, -0.05) is 0 Å². The summed E-state index contributed by atoms with van der Waals surface area (Å²) in [5.41, 5.74) is 1.39. The Balaban J connectivity index is 1.79. The SMILES string of the molecule is O=C(NC(=S)Nc1ccc(I)cc1)c1cc([N+](=O)[O-])ccc1N1CCOCC1. The minimum Gasteiger partial charge on any atom is -0.378 e. The summed E-state index contributed by atoms with van der Waals surface area (Å²) in [6.45, 7) is 2.27. The summed E-state index contributed by atoms with van der Waals surface area (Å²) in [5, 5.41) is 16.8. The van der Waals surface area contributed by atoms with Crippen molar-refractivity contribution in [3.05, 3.63) is 61.7 Å². The highest BCUT2D eigenvalue weighted by molar-refractivity contribution is 14.1. The highest BCUT2D eigenvalue weighted by Gasteiger charge is 2.22. The van der Waals surface area contributed by atoms with Gasteiger partial charge in [-0.2, -0.15) is 0 Å². The monoisotopic (exact) mass is 512 g/mol. The van der Waals surface area contributed by atoms with Gasteiger partial charge in [0.1, 0.15) is 0 Å². The van der Waals surface area contributed by atoms with Gasteiger partial charge in [0.15, 0.2) is 5.11 Å². The number of ether oxygens (including phenoxy) is 1. The van der Waals surface area contributed by atoms with Crippen molar-refractivity contribution >= 4 is 62.9 Å². The molecule has 0 bridgehead atoms. The molecule has 1 saturated heterocycles. The number of thiocarbonyl (C=S) groups is 1. The lowest BCUT2D eigenvalue weighted by Gasteiger charge is -2.30. The topological polar surface area (TPSA) is 96.7 Å². The molecule has 8 nitrogen and oxygen atoms in total. The van der Waals surface area contributed by atoms with E-state index in [1.165, 1.54) is 12.1 Å². The molecule has 10 heteroatoms. The molecule has 0 atom stereocenters. The summed E-state index contributed by atoms with van der Waals surface area (Å²) in [6.07, 6.45) is 0. The van der Waals surface area contributed by atoms with Gasteiger partial charge in [0.25, 0.3) is 11.6 Å². The largest absolute Gasteiger partial charge is 0.378 e. The normalized spacial score (nSPS) is 13.7. The lowest BCUT2D eigenvalue weighted by Crippen LogP contribution is -2.39. The number of hydrogen-bond donors (Lipinski definition) is 2. The first-order chi connectivity index (χ1) is 13.4. The first-order valence-corrected chi connectivity index (χ1v) is 9.92. The predicted molar refractivity (Wildman–Crippen MR) is 119 cm³/mol. The number of benzene rings is 2. The number of nitrogens with zero attached hydrogens (tertiary/aromatic N) is 2. The van der Waals surface area contributed by atoms with Gasteiger partial charge in [0, 0.05) is 34.5 Å². The van der Waals surface area contributed by atoms with Crippen LogP contribution in [0.4, 0.5) is 17.1 Å². The van der Waals surface area contributed by atoms with Crippen LogP contribution in [0.1, 0.15) is 10.4 Å².